The fourth-order valence-electron chi connectivity index (χ4n) is 4.80. The van der Waals surface area contributed by atoms with E-state index in [-0.39, 0.29) is 30.0 Å². The molecule has 3 aromatic rings. The van der Waals surface area contributed by atoms with Crippen molar-refractivity contribution in [2.75, 3.05) is 6.54 Å². The number of rotatable bonds is 7. The van der Waals surface area contributed by atoms with Gasteiger partial charge in [0.25, 0.3) is 5.91 Å². The molecule has 6 heteroatoms. The number of halogens is 1. The quantitative estimate of drug-likeness (QED) is 0.377. The number of carbonyl (C=O) groups excluding carboxylic acids is 1. The Labute approximate surface area is 224 Å². The maximum Gasteiger partial charge on any atom is 0.323 e. The summed E-state index contributed by atoms with van der Waals surface area (Å²) in [5.41, 5.74) is 4.25. The Morgan fingerprint density at radius 1 is 1.03 bits per heavy atom. The number of hydrogen-bond acceptors (Lipinski definition) is 3. The number of aliphatic carboxylic acids is 1. The van der Waals surface area contributed by atoms with Crippen LogP contribution in [-0.2, 0) is 29.6 Å². The van der Waals surface area contributed by atoms with Gasteiger partial charge in [-0.1, -0.05) is 68.8 Å². The van der Waals surface area contributed by atoms with Crippen LogP contribution < -0.4 is 4.74 Å². The molecule has 0 saturated carbocycles. The molecule has 5 nitrogen and oxygen atoms in total. The summed E-state index contributed by atoms with van der Waals surface area (Å²) < 4.78 is 6.40. The lowest BCUT2D eigenvalue weighted by Crippen LogP contribution is -2.39. The van der Waals surface area contributed by atoms with Crippen LogP contribution in [0.2, 0.25) is 5.02 Å². The van der Waals surface area contributed by atoms with Crippen molar-refractivity contribution in [1.29, 1.82) is 0 Å². The van der Waals surface area contributed by atoms with E-state index in [0.717, 1.165) is 41.7 Å². The first-order valence-corrected chi connectivity index (χ1v) is 13.0. The lowest BCUT2D eigenvalue weighted by Gasteiger charge is -2.36. The lowest BCUT2D eigenvalue weighted by molar-refractivity contribution is -0.137. The van der Waals surface area contributed by atoms with E-state index >= 15 is 0 Å². The predicted octanol–water partition coefficient (Wildman–Crippen LogP) is 6.69. The zero-order valence-corrected chi connectivity index (χ0v) is 22.6. The SMILES string of the molecule is CC1(Cc2cccc(Cl)c2)CCc2cc(C(=O)N(CC(=O)O)Cc3ccc(C(C)(C)C)cc3)ccc2O1. The van der Waals surface area contributed by atoms with Crippen molar-refractivity contribution in [1.82, 2.24) is 4.90 Å². The molecule has 0 fully saturated rings. The summed E-state index contributed by atoms with van der Waals surface area (Å²) in [6.45, 7) is 8.37. The van der Waals surface area contributed by atoms with Gasteiger partial charge in [0.1, 0.15) is 17.9 Å². The molecule has 1 amide bonds. The second-order valence-corrected chi connectivity index (χ2v) is 11.6. The first kappa shape index (κ1) is 26.7. The summed E-state index contributed by atoms with van der Waals surface area (Å²) in [7, 11) is 0. The number of nitrogens with zero attached hydrogens (tertiary/aromatic N) is 1. The number of fused-ring (bicyclic) bond motifs is 1. The third-order valence-corrected chi connectivity index (χ3v) is 7.10. The number of aryl methyl sites for hydroxylation is 1. The maximum absolute atomic E-state index is 13.4. The van der Waals surface area contributed by atoms with Crippen LogP contribution in [-0.4, -0.2) is 34.0 Å². The van der Waals surface area contributed by atoms with Gasteiger partial charge in [0.15, 0.2) is 0 Å². The number of hydrogen-bond donors (Lipinski definition) is 1. The number of carbonyl (C=O) groups is 2. The van der Waals surface area contributed by atoms with Crippen LogP contribution in [0.1, 0.15) is 66.7 Å². The number of benzene rings is 3. The zero-order chi connectivity index (χ0) is 26.8. The van der Waals surface area contributed by atoms with Crippen molar-refractivity contribution in [3.63, 3.8) is 0 Å². The predicted molar refractivity (Wildman–Crippen MR) is 146 cm³/mol. The van der Waals surface area contributed by atoms with Crippen LogP contribution in [0.25, 0.3) is 0 Å². The summed E-state index contributed by atoms with van der Waals surface area (Å²) in [5.74, 6) is -0.593. The minimum Gasteiger partial charge on any atom is -0.487 e. The summed E-state index contributed by atoms with van der Waals surface area (Å²) in [5, 5.41) is 10.2. The van der Waals surface area contributed by atoms with Gasteiger partial charge in [-0.25, -0.2) is 0 Å². The highest BCUT2D eigenvalue weighted by Gasteiger charge is 2.32. The van der Waals surface area contributed by atoms with E-state index < -0.39 is 5.97 Å². The van der Waals surface area contributed by atoms with Crippen LogP contribution in [0.3, 0.4) is 0 Å². The van der Waals surface area contributed by atoms with Gasteiger partial charge in [-0.15, -0.1) is 0 Å². The lowest BCUT2D eigenvalue weighted by atomic mass is 9.86. The highest BCUT2D eigenvalue weighted by atomic mass is 35.5. The Morgan fingerprint density at radius 2 is 1.76 bits per heavy atom. The summed E-state index contributed by atoms with van der Waals surface area (Å²) in [6.07, 6.45) is 2.29. The summed E-state index contributed by atoms with van der Waals surface area (Å²) in [4.78, 5) is 26.4. The van der Waals surface area contributed by atoms with E-state index in [1.165, 1.54) is 10.5 Å². The molecule has 37 heavy (non-hydrogen) atoms. The fraction of sp³-hybridized carbons (Fsp3) is 0.355. The molecule has 1 heterocycles. The molecule has 0 bridgehead atoms. The van der Waals surface area contributed by atoms with Gasteiger partial charge in [-0.2, -0.15) is 0 Å². The van der Waals surface area contributed by atoms with Gasteiger partial charge in [-0.3, -0.25) is 9.59 Å². The summed E-state index contributed by atoms with van der Waals surface area (Å²) >= 11 is 6.16. The number of carboxylic acid groups (broad SMARTS) is 1. The van der Waals surface area contributed by atoms with E-state index in [0.29, 0.717) is 10.6 Å². The van der Waals surface area contributed by atoms with Crippen molar-refractivity contribution in [3.05, 3.63) is 99.6 Å². The minimum atomic E-state index is -1.04. The van der Waals surface area contributed by atoms with Gasteiger partial charge >= 0.3 is 5.97 Å². The highest BCUT2D eigenvalue weighted by molar-refractivity contribution is 6.30. The Kier molecular flexibility index (Phi) is 7.65. The minimum absolute atomic E-state index is 0.0184. The van der Waals surface area contributed by atoms with E-state index in [2.05, 4.69) is 27.7 Å². The topological polar surface area (TPSA) is 66.8 Å². The molecule has 1 aliphatic rings. The van der Waals surface area contributed by atoms with E-state index in [1.807, 2.05) is 60.7 Å². The van der Waals surface area contributed by atoms with E-state index in [9.17, 15) is 14.7 Å². The first-order chi connectivity index (χ1) is 17.4. The van der Waals surface area contributed by atoms with Crippen molar-refractivity contribution < 1.29 is 19.4 Å². The molecule has 0 aliphatic carbocycles. The summed E-state index contributed by atoms with van der Waals surface area (Å²) in [6, 6.07) is 21.2. The first-order valence-electron chi connectivity index (χ1n) is 12.6. The molecule has 1 N–H and O–H groups in total. The van der Waals surface area contributed by atoms with Crippen molar-refractivity contribution >= 4 is 23.5 Å². The Morgan fingerprint density at radius 3 is 2.41 bits per heavy atom. The molecule has 1 unspecified atom stereocenters. The smallest absolute Gasteiger partial charge is 0.323 e. The molecule has 0 spiro atoms. The molecule has 3 aromatic carbocycles. The average Bonchev–Trinajstić information content (AvgIpc) is 2.82. The van der Waals surface area contributed by atoms with Crippen molar-refractivity contribution in [2.24, 2.45) is 0 Å². The van der Waals surface area contributed by atoms with E-state index in [4.69, 9.17) is 16.3 Å². The zero-order valence-electron chi connectivity index (χ0n) is 21.9. The van der Waals surface area contributed by atoms with Crippen LogP contribution in [0.5, 0.6) is 5.75 Å². The van der Waals surface area contributed by atoms with Crippen LogP contribution in [0.4, 0.5) is 0 Å². The third-order valence-electron chi connectivity index (χ3n) is 6.86. The van der Waals surface area contributed by atoms with Crippen LogP contribution in [0.15, 0.2) is 66.7 Å². The Hall–Kier alpha value is -3.31. The van der Waals surface area contributed by atoms with Crippen molar-refractivity contribution in [2.45, 2.75) is 64.5 Å². The molecule has 0 aromatic heterocycles. The van der Waals surface area contributed by atoms with Gasteiger partial charge in [0.05, 0.1) is 0 Å². The van der Waals surface area contributed by atoms with Gasteiger partial charge < -0.3 is 14.7 Å². The Bertz CT molecular complexity index is 1300. The molecule has 0 saturated heterocycles. The molecular formula is C31H34ClNO4. The monoisotopic (exact) mass is 519 g/mol. The molecule has 1 atom stereocenters. The normalized spacial score (nSPS) is 17.0. The third kappa shape index (κ3) is 6.72. The second-order valence-electron chi connectivity index (χ2n) is 11.2. The number of carboxylic acids is 1. The average molecular weight is 520 g/mol. The van der Waals surface area contributed by atoms with Crippen molar-refractivity contribution in [3.8, 4) is 5.75 Å². The van der Waals surface area contributed by atoms with Gasteiger partial charge in [0.2, 0.25) is 0 Å². The van der Waals surface area contributed by atoms with E-state index in [1.54, 1.807) is 6.07 Å². The maximum atomic E-state index is 13.4. The van der Waals surface area contributed by atoms with Gasteiger partial charge in [-0.05, 0) is 77.8 Å². The molecule has 4 rings (SSSR count). The highest BCUT2D eigenvalue weighted by Crippen LogP contribution is 2.36. The molecule has 0 radical (unpaired) electrons. The number of ether oxygens (including phenoxy) is 1. The van der Waals surface area contributed by atoms with Crippen LogP contribution in [0, 0.1) is 0 Å². The second kappa shape index (κ2) is 10.6. The molecule has 194 valence electrons. The Balaban J connectivity index is 1.50. The molecular weight excluding hydrogens is 486 g/mol. The van der Waals surface area contributed by atoms with Crippen LogP contribution >= 0.6 is 11.6 Å². The largest absolute Gasteiger partial charge is 0.487 e. The van der Waals surface area contributed by atoms with Gasteiger partial charge in [0, 0.05) is 23.6 Å². The molecule has 1 aliphatic heterocycles. The fourth-order valence-corrected chi connectivity index (χ4v) is 5.01. The number of amides is 1. The standard InChI is InChI=1S/C31H34ClNO4/c1-30(2,3)25-11-8-21(9-12-25)19-33(20-28(34)35)29(36)24-10-13-27-23(17-24)14-15-31(4,37-27)18-22-6-5-7-26(32)16-22/h5-13,16-17H,14-15,18-20H2,1-4H3,(H,34,35).